The number of carboxylic acid groups (broad SMARTS) is 3. The summed E-state index contributed by atoms with van der Waals surface area (Å²) in [5, 5.41) is 18.3. The summed E-state index contributed by atoms with van der Waals surface area (Å²) in [6, 6.07) is 0. The second-order valence-electron chi connectivity index (χ2n) is 5.33. The molecular formula is C9H15O16P3. The van der Waals surface area contributed by atoms with Crippen molar-refractivity contribution in [2.45, 2.75) is 30.0 Å². The maximum Gasteiger partial charge on any atom is 0.374 e. The van der Waals surface area contributed by atoms with Crippen LogP contribution in [0.2, 0.25) is 0 Å². The number of hydrogen-bond acceptors (Lipinski definition) is 8. The SMILES string of the molecule is CC(OP(=O)(O)C(CCC(=O)O)(C(=O)O)C(=O)C(=O)O)(P(=O)(O)O)P(=O)(O)O. The fourth-order valence-electron chi connectivity index (χ4n) is 1.76. The van der Waals surface area contributed by atoms with Gasteiger partial charge in [0.15, 0.2) is 0 Å². The Morgan fingerprint density at radius 2 is 1.25 bits per heavy atom. The van der Waals surface area contributed by atoms with Crippen molar-refractivity contribution in [1.82, 2.24) is 0 Å². The highest BCUT2D eigenvalue weighted by Crippen LogP contribution is 2.75. The van der Waals surface area contributed by atoms with Crippen LogP contribution in [0.3, 0.4) is 0 Å². The molecule has 16 nitrogen and oxygen atoms in total. The van der Waals surface area contributed by atoms with Crippen LogP contribution in [-0.4, -0.2) is 73.7 Å². The topological polar surface area (TPSA) is 291 Å². The number of ketones is 1. The van der Waals surface area contributed by atoms with E-state index < -0.39 is 69.6 Å². The monoisotopic (exact) mass is 472 g/mol. The van der Waals surface area contributed by atoms with Gasteiger partial charge in [-0.05, 0) is 13.3 Å². The summed E-state index contributed by atoms with van der Waals surface area (Å²) >= 11 is 0. The predicted octanol–water partition coefficient (Wildman–Crippen LogP) is -1.44. The molecule has 0 aliphatic rings. The van der Waals surface area contributed by atoms with Gasteiger partial charge in [-0.15, -0.1) is 0 Å². The van der Waals surface area contributed by atoms with Gasteiger partial charge in [0.1, 0.15) is 0 Å². The van der Waals surface area contributed by atoms with E-state index in [1.54, 1.807) is 0 Å². The Morgan fingerprint density at radius 3 is 1.50 bits per heavy atom. The lowest BCUT2D eigenvalue weighted by Gasteiger charge is -2.37. The minimum absolute atomic E-state index is 0.0769. The number of aliphatic carboxylic acids is 3. The molecule has 0 aliphatic heterocycles. The first-order valence-electron chi connectivity index (χ1n) is 6.55. The number of carbonyl (C=O) groups excluding carboxylic acids is 1. The summed E-state index contributed by atoms with van der Waals surface area (Å²) in [5.74, 6) is -9.91. The normalized spacial score (nSPS) is 17.2. The van der Waals surface area contributed by atoms with E-state index in [-0.39, 0.29) is 6.92 Å². The zero-order valence-electron chi connectivity index (χ0n) is 13.6. The van der Waals surface area contributed by atoms with Gasteiger partial charge in [0.25, 0.3) is 10.9 Å². The maximum atomic E-state index is 12.5. The molecule has 19 heteroatoms. The summed E-state index contributed by atoms with van der Waals surface area (Å²) in [4.78, 5) is 91.5. The zero-order valence-corrected chi connectivity index (χ0v) is 16.3. The third-order valence-electron chi connectivity index (χ3n) is 3.48. The van der Waals surface area contributed by atoms with Crippen LogP contribution in [0.4, 0.5) is 0 Å². The molecule has 0 radical (unpaired) electrons. The van der Waals surface area contributed by atoms with E-state index in [1.807, 2.05) is 0 Å². The molecular weight excluding hydrogens is 457 g/mol. The molecule has 0 fully saturated rings. The minimum Gasteiger partial charge on any atom is -0.481 e. The molecule has 8 N–H and O–H groups in total. The van der Waals surface area contributed by atoms with Gasteiger partial charge < -0.3 is 39.8 Å². The zero-order chi connectivity index (χ0) is 22.9. The fraction of sp³-hybridized carbons (Fsp3) is 0.556. The third-order valence-corrected chi connectivity index (χ3v) is 9.88. The molecule has 0 aliphatic carbocycles. The van der Waals surface area contributed by atoms with Gasteiger partial charge in [-0.1, -0.05) is 0 Å². The number of carboxylic acids is 3. The van der Waals surface area contributed by atoms with E-state index in [0.717, 1.165) is 0 Å². The van der Waals surface area contributed by atoms with Crippen LogP contribution in [-0.2, 0) is 37.4 Å². The molecule has 0 heterocycles. The molecule has 0 aromatic carbocycles. The van der Waals surface area contributed by atoms with E-state index in [4.69, 9.17) is 29.8 Å². The lowest BCUT2D eigenvalue weighted by molar-refractivity contribution is -0.156. The Kier molecular flexibility index (Phi) is 7.68. The second-order valence-corrected chi connectivity index (χ2v) is 11.5. The van der Waals surface area contributed by atoms with Crippen molar-refractivity contribution >= 4 is 46.5 Å². The smallest absolute Gasteiger partial charge is 0.374 e. The Hall–Kier alpha value is -1.47. The third kappa shape index (κ3) is 4.74. The molecule has 0 rings (SSSR count). The summed E-state index contributed by atoms with van der Waals surface area (Å²) in [6.07, 6.45) is -3.14. The quantitative estimate of drug-likeness (QED) is 0.0970. The van der Waals surface area contributed by atoms with Gasteiger partial charge in [0.2, 0.25) is 5.16 Å². The lowest BCUT2D eigenvalue weighted by Crippen LogP contribution is -2.51. The summed E-state index contributed by atoms with van der Waals surface area (Å²) in [6.45, 7) is -0.0769. The molecule has 0 spiro atoms. The molecule has 0 aromatic rings. The van der Waals surface area contributed by atoms with Gasteiger partial charge in [-0.3, -0.25) is 32.6 Å². The van der Waals surface area contributed by atoms with E-state index in [0.29, 0.717) is 0 Å². The van der Waals surface area contributed by atoms with Gasteiger partial charge in [0, 0.05) is 6.42 Å². The molecule has 28 heavy (non-hydrogen) atoms. The van der Waals surface area contributed by atoms with Crippen LogP contribution in [0.25, 0.3) is 0 Å². The van der Waals surface area contributed by atoms with Crippen LogP contribution in [0.5, 0.6) is 0 Å². The van der Waals surface area contributed by atoms with Crippen LogP contribution in [0.15, 0.2) is 0 Å². The van der Waals surface area contributed by atoms with Crippen molar-refractivity contribution in [1.29, 1.82) is 0 Å². The lowest BCUT2D eigenvalue weighted by atomic mass is 9.97. The van der Waals surface area contributed by atoms with E-state index >= 15 is 0 Å². The summed E-state index contributed by atoms with van der Waals surface area (Å²) < 4.78 is 39.3. The molecule has 162 valence electrons. The number of carbonyl (C=O) groups is 4. The van der Waals surface area contributed by atoms with E-state index in [9.17, 15) is 42.9 Å². The van der Waals surface area contributed by atoms with Crippen molar-refractivity contribution in [2.24, 2.45) is 0 Å². The first-order chi connectivity index (χ1) is 12.2. The molecule has 0 aromatic heterocycles. The first-order valence-corrected chi connectivity index (χ1v) is 11.4. The van der Waals surface area contributed by atoms with Gasteiger partial charge in [-0.25, -0.2) is 4.79 Å². The fourth-order valence-corrected chi connectivity index (χ4v) is 6.25. The Morgan fingerprint density at radius 1 is 0.857 bits per heavy atom. The maximum absolute atomic E-state index is 12.5. The Bertz CT molecular complexity index is 810. The highest BCUT2D eigenvalue weighted by molar-refractivity contribution is 7.73. The average molecular weight is 472 g/mol. The Labute approximate surface area is 154 Å². The Balaban J connectivity index is 6.89. The van der Waals surface area contributed by atoms with Crippen molar-refractivity contribution in [3.05, 3.63) is 0 Å². The van der Waals surface area contributed by atoms with Crippen molar-refractivity contribution < 1.29 is 77.2 Å². The molecule has 0 saturated heterocycles. The number of Topliss-reactive ketones (excluding diaryl/α,β-unsaturated/α-hetero) is 1. The largest absolute Gasteiger partial charge is 0.481 e. The average Bonchev–Trinajstić information content (AvgIpc) is 2.43. The molecule has 0 bridgehead atoms. The number of rotatable bonds is 11. The van der Waals surface area contributed by atoms with Crippen LogP contribution in [0, 0.1) is 0 Å². The summed E-state index contributed by atoms with van der Waals surface area (Å²) in [5.41, 5.74) is 0. The van der Waals surface area contributed by atoms with Crippen LogP contribution < -0.4 is 0 Å². The number of hydrogen-bond donors (Lipinski definition) is 8. The van der Waals surface area contributed by atoms with Gasteiger partial charge >= 0.3 is 40.7 Å². The van der Waals surface area contributed by atoms with Crippen LogP contribution in [0.1, 0.15) is 19.8 Å². The van der Waals surface area contributed by atoms with Gasteiger partial charge in [0.05, 0.1) is 0 Å². The first kappa shape index (κ1) is 26.5. The second kappa shape index (κ2) is 8.11. The highest BCUT2D eigenvalue weighted by Gasteiger charge is 2.70. The highest BCUT2D eigenvalue weighted by atomic mass is 31.2. The predicted molar refractivity (Wildman–Crippen MR) is 83.3 cm³/mol. The summed E-state index contributed by atoms with van der Waals surface area (Å²) in [7, 11) is -18.9. The molecule has 0 amide bonds. The van der Waals surface area contributed by atoms with Crippen molar-refractivity contribution in [3.8, 4) is 0 Å². The van der Waals surface area contributed by atoms with Crippen LogP contribution >= 0.6 is 22.8 Å². The standard InChI is InChI=1S/C9H15O16P3/c1-8(26(17,18)19,27(20,21)22)25-28(23,24)9(7(15)16,3-2-4(10)11)5(12)6(13)14/h2-3H2,1H3,(H,10,11)(H,13,14)(H,15,16)(H,23,24)(H2,17,18,19)(H2,20,21,22). The van der Waals surface area contributed by atoms with E-state index in [2.05, 4.69) is 4.52 Å². The van der Waals surface area contributed by atoms with Crippen molar-refractivity contribution in [3.63, 3.8) is 0 Å². The van der Waals surface area contributed by atoms with Gasteiger partial charge in [-0.2, -0.15) is 0 Å². The van der Waals surface area contributed by atoms with E-state index in [1.165, 1.54) is 0 Å². The van der Waals surface area contributed by atoms with Crippen molar-refractivity contribution in [2.75, 3.05) is 0 Å². The molecule has 2 unspecified atom stereocenters. The minimum atomic E-state index is -6.55. The molecule has 2 atom stereocenters. The molecule has 0 saturated carbocycles.